The molecule has 1 atom stereocenters. The van der Waals surface area contributed by atoms with E-state index in [1.54, 1.807) is 50.4 Å². The number of amides is 4. The van der Waals surface area contributed by atoms with Gasteiger partial charge in [0.05, 0.1) is 7.11 Å². The van der Waals surface area contributed by atoms with Gasteiger partial charge in [-0.05, 0) is 42.3 Å². The van der Waals surface area contributed by atoms with E-state index in [-0.39, 0.29) is 18.9 Å². The fraction of sp³-hybridized carbons (Fsp3) is 0.286. The van der Waals surface area contributed by atoms with E-state index >= 15 is 0 Å². The van der Waals surface area contributed by atoms with Crippen molar-refractivity contribution in [2.75, 3.05) is 20.7 Å². The number of methoxy groups -OCH3 is 1. The lowest BCUT2D eigenvalue weighted by atomic mass is 9.92. The van der Waals surface area contributed by atoms with Crippen LogP contribution in [0, 0.1) is 5.82 Å². The zero-order valence-corrected chi connectivity index (χ0v) is 16.4. The van der Waals surface area contributed by atoms with Gasteiger partial charge in [0.1, 0.15) is 23.7 Å². The Bertz CT molecular complexity index is 930. The van der Waals surface area contributed by atoms with Crippen LogP contribution in [0.3, 0.4) is 0 Å². The van der Waals surface area contributed by atoms with Crippen molar-refractivity contribution in [1.29, 1.82) is 0 Å². The lowest BCUT2D eigenvalue weighted by molar-refractivity contribution is -0.138. The van der Waals surface area contributed by atoms with Crippen molar-refractivity contribution in [1.82, 2.24) is 15.1 Å². The summed E-state index contributed by atoms with van der Waals surface area (Å²) in [5.74, 6) is -0.642. The average Bonchev–Trinajstić information content (AvgIpc) is 2.93. The van der Waals surface area contributed by atoms with Crippen LogP contribution in [0.15, 0.2) is 48.5 Å². The molecule has 0 aromatic heterocycles. The number of hydrogen-bond donors (Lipinski definition) is 1. The Hall–Kier alpha value is -3.42. The standard InChI is InChI=1S/C21H22FN3O4/c1-21(15-6-10-17(29-3)11-7-15)19(27)25(20(28)23-21)13-18(26)24(2)12-14-4-8-16(22)9-5-14/h4-11H,12-13H2,1-3H3,(H,23,28). The van der Waals surface area contributed by atoms with E-state index in [4.69, 9.17) is 4.74 Å². The molecule has 0 bridgehead atoms. The summed E-state index contributed by atoms with van der Waals surface area (Å²) < 4.78 is 18.1. The molecule has 1 heterocycles. The Labute approximate surface area is 168 Å². The normalized spacial score (nSPS) is 18.6. The smallest absolute Gasteiger partial charge is 0.325 e. The Morgan fingerprint density at radius 3 is 2.34 bits per heavy atom. The van der Waals surface area contributed by atoms with E-state index in [0.717, 1.165) is 10.5 Å². The molecule has 1 unspecified atom stereocenters. The lowest BCUT2D eigenvalue weighted by Crippen LogP contribution is -2.43. The molecule has 1 N–H and O–H groups in total. The van der Waals surface area contributed by atoms with Crippen molar-refractivity contribution >= 4 is 17.8 Å². The summed E-state index contributed by atoms with van der Waals surface area (Å²) >= 11 is 0. The Morgan fingerprint density at radius 2 is 1.76 bits per heavy atom. The highest BCUT2D eigenvalue weighted by atomic mass is 19.1. The Kier molecular flexibility index (Phi) is 5.54. The summed E-state index contributed by atoms with van der Waals surface area (Å²) in [7, 11) is 3.10. The first kappa shape index (κ1) is 20.3. The number of imide groups is 1. The van der Waals surface area contributed by atoms with Crippen LogP contribution < -0.4 is 10.1 Å². The van der Waals surface area contributed by atoms with E-state index in [1.165, 1.54) is 24.1 Å². The van der Waals surface area contributed by atoms with Gasteiger partial charge in [0.25, 0.3) is 5.91 Å². The molecular weight excluding hydrogens is 377 g/mol. The van der Waals surface area contributed by atoms with Gasteiger partial charge in [0, 0.05) is 13.6 Å². The summed E-state index contributed by atoms with van der Waals surface area (Å²) in [5.41, 5.74) is 0.0629. The van der Waals surface area contributed by atoms with Crippen molar-refractivity contribution in [2.45, 2.75) is 19.0 Å². The molecule has 3 rings (SSSR count). The van der Waals surface area contributed by atoms with Crippen molar-refractivity contribution in [3.63, 3.8) is 0 Å². The number of benzene rings is 2. The molecule has 7 nitrogen and oxygen atoms in total. The van der Waals surface area contributed by atoms with Crippen LogP contribution in [-0.2, 0) is 21.7 Å². The minimum Gasteiger partial charge on any atom is -0.497 e. The fourth-order valence-electron chi connectivity index (χ4n) is 3.17. The van der Waals surface area contributed by atoms with Crippen molar-refractivity contribution in [3.8, 4) is 5.75 Å². The Balaban J connectivity index is 1.70. The van der Waals surface area contributed by atoms with Crippen LogP contribution in [0.2, 0.25) is 0 Å². The third-order valence-corrected chi connectivity index (χ3v) is 4.99. The molecule has 1 aliphatic heterocycles. The van der Waals surface area contributed by atoms with Gasteiger partial charge in [-0.25, -0.2) is 9.18 Å². The quantitative estimate of drug-likeness (QED) is 0.756. The topological polar surface area (TPSA) is 79.0 Å². The van der Waals surface area contributed by atoms with E-state index in [9.17, 15) is 18.8 Å². The van der Waals surface area contributed by atoms with Gasteiger partial charge in [-0.3, -0.25) is 14.5 Å². The van der Waals surface area contributed by atoms with Gasteiger partial charge in [-0.2, -0.15) is 0 Å². The van der Waals surface area contributed by atoms with Crippen LogP contribution in [-0.4, -0.2) is 48.3 Å². The summed E-state index contributed by atoms with van der Waals surface area (Å²) in [6.07, 6.45) is 0. The van der Waals surface area contributed by atoms with Crippen LogP contribution in [0.5, 0.6) is 5.75 Å². The van der Waals surface area contributed by atoms with E-state index in [1.807, 2.05) is 0 Å². The number of carbonyl (C=O) groups excluding carboxylic acids is 3. The molecule has 1 saturated heterocycles. The van der Waals surface area contributed by atoms with Crippen molar-refractivity contribution < 1.29 is 23.5 Å². The third kappa shape index (κ3) is 4.06. The summed E-state index contributed by atoms with van der Waals surface area (Å²) in [5, 5.41) is 2.67. The number of halogens is 1. The van der Waals surface area contributed by atoms with Gasteiger partial charge in [-0.1, -0.05) is 24.3 Å². The monoisotopic (exact) mass is 399 g/mol. The summed E-state index contributed by atoms with van der Waals surface area (Å²) in [4.78, 5) is 40.2. The van der Waals surface area contributed by atoms with Crippen LogP contribution in [0.4, 0.5) is 9.18 Å². The maximum atomic E-state index is 13.0. The van der Waals surface area contributed by atoms with Crippen molar-refractivity contribution in [3.05, 3.63) is 65.5 Å². The lowest BCUT2D eigenvalue weighted by Gasteiger charge is -2.23. The molecule has 29 heavy (non-hydrogen) atoms. The van der Waals surface area contributed by atoms with Gasteiger partial charge >= 0.3 is 6.03 Å². The average molecular weight is 399 g/mol. The molecule has 1 aliphatic rings. The maximum absolute atomic E-state index is 13.0. The molecule has 2 aromatic rings. The molecule has 152 valence electrons. The number of nitrogens with zero attached hydrogens (tertiary/aromatic N) is 2. The van der Waals surface area contributed by atoms with Gasteiger partial charge in [-0.15, -0.1) is 0 Å². The molecule has 8 heteroatoms. The molecule has 0 radical (unpaired) electrons. The molecule has 0 saturated carbocycles. The molecule has 0 aliphatic carbocycles. The highest BCUT2D eigenvalue weighted by Gasteiger charge is 2.49. The zero-order chi connectivity index (χ0) is 21.2. The SMILES string of the molecule is COc1ccc(C2(C)NC(=O)N(CC(=O)N(C)Cc3ccc(F)cc3)C2=O)cc1. The summed E-state index contributed by atoms with van der Waals surface area (Å²) in [6, 6.07) is 11.9. The predicted molar refractivity (Wildman–Crippen MR) is 103 cm³/mol. The highest BCUT2D eigenvalue weighted by molar-refractivity contribution is 6.09. The third-order valence-electron chi connectivity index (χ3n) is 4.99. The van der Waals surface area contributed by atoms with Crippen LogP contribution in [0.25, 0.3) is 0 Å². The number of hydrogen-bond acceptors (Lipinski definition) is 4. The first-order valence-corrected chi connectivity index (χ1v) is 9.01. The number of urea groups is 1. The van der Waals surface area contributed by atoms with Crippen LogP contribution in [0.1, 0.15) is 18.1 Å². The molecule has 0 spiro atoms. The second-order valence-electron chi connectivity index (χ2n) is 7.05. The number of ether oxygens (including phenoxy) is 1. The van der Waals surface area contributed by atoms with Crippen LogP contribution >= 0.6 is 0 Å². The Morgan fingerprint density at radius 1 is 1.14 bits per heavy atom. The van der Waals surface area contributed by atoms with Crippen molar-refractivity contribution in [2.24, 2.45) is 0 Å². The molecular formula is C21H22FN3O4. The molecule has 4 amide bonds. The second kappa shape index (κ2) is 7.90. The number of rotatable bonds is 6. The van der Waals surface area contributed by atoms with Gasteiger partial charge < -0.3 is 15.0 Å². The van der Waals surface area contributed by atoms with Gasteiger partial charge in [0.15, 0.2) is 0 Å². The maximum Gasteiger partial charge on any atom is 0.325 e. The predicted octanol–water partition coefficient (Wildman–Crippen LogP) is 2.26. The fourth-order valence-corrected chi connectivity index (χ4v) is 3.17. The van der Waals surface area contributed by atoms with E-state index in [2.05, 4.69) is 5.32 Å². The van der Waals surface area contributed by atoms with E-state index in [0.29, 0.717) is 11.3 Å². The summed E-state index contributed by atoms with van der Waals surface area (Å²) in [6.45, 7) is 1.45. The van der Waals surface area contributed by atoms with E-state index < -0.39 is 23.4 Å². The first-order valence-electron chi connectivity index (χ1n) is 9.01. The molecule has 1 fully saturated rings. The zero-order valence-electron chi connectivity index (χ0n) is 16.4. The minimum atomic E-state index is -1.26. The number of nitrogens with one attached hydrogen (secondary N) is 1. The highest BCUT2D eigenvalue weighted by Crippen LogP contribution is 2.30. The number of likely N-dealkylation sites (N-methyl/N-ethyl adjacent to an activating group) is 1. The minimum absolute atomic E-state index is 0.235. The second-order valence-corrected chi connectivity index (χ2v) is 7.05. The number of carbonyl (C=O) groups is 3. The van der Waals surface area contributed by atoms with Gasteiger partial charge in [0.2, 0.25) is 5.91 Å². The first-order chi connectivity index (χ1) is 13.7. The largest absolute Gasteiger partial charge is 0.497 e. The molecule has 2 aromatic carbocycles.